The monoisotopic (exact) mass is 338 g/mol. The van der Waals surface area contributed by atoms with Gasteiger partial charge in [-0.05, 0) is 37.9 Å². The Balaban J connectivity index is 2.05. The minimum absolute atomic E-state index is 0.117. The summed E-state index contributed by atoms with van der Waals surface area (Å²) in [6, 6.07) is 9.77. The average molecular weight is 339 g/mol. The smallest absolute Gasteiger partial charge is 0.247 e. The summed E-state index contributed by atoms with van der Waals surface area (Å²) in [5.74, 6) is 0.596. The Bertz CT molecular complexity index is 497. The van der Waals surface area contributed by atoms with Gasteiger partial charge in [-0.2, -0.15) is 5.06 Å². The van der Waals surface area contributed by atoms with Crippen LogP contribution in [0.15, 0.2) is 30.3 Å². The van der Waals surface area contributed by atoms with Gasteiger partial charge >= 0.3 is 0 Å². The van der Waals surface area contributed by atoms with Crippen molar-refractivity contribution in [2.24, 2.45) is 11.8 Å². The second-order valence-electron chi connectivity index (χ2n) is 6.33. The zero-order chi connectivity index (χ0) is 16.8. The number of hydroxylamine groups is 1. The van der Waals surface area contributed by atoms with E-state index in [1.165, 1.54) is 12.0 Å². The predicted molar refractivity (Wildman–Crippen MR) is 94.5 cm³/mol. The van der Waals surface area contributed by atoms with E-state index in [9.17, 15) is 4.79 Å². The van der Waals surface area contributed by atoms with Crippen LogP contribution in [-0.2, 0) is 9.63 Å². The van der Waals surface area contributed by atoms with Gasteiger partial charge in [0.2, 0.25) is 5.91 Å². The van der Waals surface area contributed by atoms with Crippen LogP contribution in [0, 0.1) is 11.8 Å². The highest BCUT2D eigenvalue weighted by atomic mass is 35.5. The maximum absolute atomic E-state index is 11.9. The van der Waals surface area contributed by atoms with E-state index in [0.717, 1.165) is 24.9 Å². The number of nitrogens with zero attached hydrogens (tertiary/aromatic N) is 1. The third-order valence-electron chi connectivity index (χ3n) is 4.73. The molecular weight excluding hydrogens is 312 g/mol. The normalized spacial score (nSPS) is 28.2. The summed E-state index contributed by atoms with van der Waals surface area (Å²) >= 11 is 6.47. The number of hydrogen-bond acceptors (Lipinski definition) is 3. The molecule has 0 radical (unpaired) electrons. The summed E-state index contributed by atoms with van der Waals surface area (Å²) in [5.41, 5.74) is 0.762. The SMILES string of the molecule is CNC1C(CON(C(C)=O)c2ccccc2)CCCC(Cl)C1C. The van der Waals surface area contributed by atoms with Crippen LogP contribution in [0.1, 0.15) is 33.1 Å². The highest BCUT2D eigenvalue weighted by Gasteiger charge is 2.33. The van der Waals surface area contributed by atoms with Crippen molar-refractivity contribution in [3.8, 4) is 0 Å². The van der Waals surface area contributed by atoms with Crippen LogP contribution in [0.25, 0.3) is 0 Å². The molecule has 0 saturated heterocycles. The van der Waals surface area contributed by atoms with Gasteiger partial charge in [0.25, 0.3) is 0 Å². The van der Waals surface area contributed by atoms with Crippen LogP contribution in [-0.4, -0.2) is 31.0 Å². The molecule has 1 amide bonds. The van der Waals surface area contributed by atoms with E-state index in [1.54, 1.807) is 0 Å². The van der Waals surface area contributed by atoms with Gasteiger partial charge in [0.05, 0.1) is 12.3 Å². The first-order chi connectivity index (χ1) is 11.0. The second-order valence-corrected chi connectivity index (χ2v) is 6.89. The number of halogens is 1. The number of alkyl halides is 1. The summed E-state index contributed by atoms with van der Waals surface area (Å²) in [6.07, 6.45) is 3.18. The van der Waals surface area contributed by atoms with Crippen LogP contribution in [0.4, 0.5) is 5.69 Å². The Morgan fingerprint density at radius 2 is 2.04 bits per heavy atom. The minimum Gasteiger partial charge on any atom is -0.316 e. The summed E-state index contributed by atoms with van der Waals surface area (Å²) in [7, 11) is 1.98. The highest BCUT2D eigenvalue weighted by molar-refractivity contribution is 6.20. The Labute approximate surface area is 144 Å². The molecule has 0 bridgehead atoms. The van der Waals surface area contributed by atoms with Gasteiger partial charge in [-0.15, -0.1) is 11.6 Å². The lowest BCUT2D eigenvalue weighted by Crippen LogP contribution is -2.44. The Morgan fingerprint density at radius 3 is 2.65 bits per heavy atom. The summed E-state index contributed by atoms with van der Waals surface area (Å²) in [6.45, 7) is 4.22. The zero-order valence-electron chi connectivity index (χ0n) is 14.2. The van der Waals surface area contributed by atoms with E-state index in [4.69, 9.17) is 16.4 Å². The fraction of sp³-hybridized carbons (Fsp3) is 0.611. The molecule has 1 aromatic carbocycles. The first-order valence-electron chi connectivity index (χ1n) is 8.34. The number of anilines is 1. The number of carbonyl (C=O) groups is 1. The number of hydrogen-bond donors (Lipinski definition) is 1. The molecule has 5 heteroatoms. The van der Waals surface area contributed by atoms with Gasteiger partial charge in [-0.3, -0.25) is 9.63 Å². The lowest BCUT2D eigenvalue weighted by atomic mass is 9.88. The van der Waals surface area contributed by atoms with E-state index in [0.29, 0.717) is 24.5 Å². The average Bonchev–Trinajstić information content (AvgIpc) is 2.67. The number of amides is 1. The van der Waals surface area contributed by atoms with Crippen molar-refractivity contribution >= 4 is 23.2 Å². The number of benzene rings is 1. The number of rotatable bonds is 5. The van der Waals surface area contributed by atoms with Crippen molar-refractivity contribution in [1.29, 1.82) is 0 Å². The van der Waals surface area contributed by atoms with Crippen molar-refractivity contribution in [2.75, 3.05) is 18.7 Å². The van der Waals surface area contributed by atoms with Crippen LogP contribution in [0.3, 0.4) is 0 Å². The first kappa shape index (κ1) is 18.2. The molecular formula is C18H27ClN2O2. The van der Waals surface area contributed by atoms with Crippen LogP contribution in [0.5, 0.6) is 0 Å². The molecule has 2 rings (SSSR count). The molecule has 0 aliphatic heterocycles. The molecule has 4 atom stereocenters. The van der Waals surface area contributed by atoms with E-state index >= 15 is 0 Å². The maximum Gasteiger partial charge on any atom is 0.247 e. The van der Waals surface area contributed by atoms with E-state index in [1.807, 2.05) is 37.4 Å². The van der Waals surface area contributed by atoms with Gasteiger partial charge in [0, 0.05) is 24.3 Å². The standard InChI is InChI=1S/C18H27ClN2O2/c1-13-17(19)11-7-8-15(18(13)20-3)12-23-21(14(2)22)16-9-5-4-6-10-16/h4-6,9-10,13,15,17-18,20H,7-8,11-12H2,1-3H3. The largest absolute Gasteiger partial charge is 0.316 e. The summed E-state index contributed by atoms with van der Waals surface area (Å²) in [4.78, 5) is 17.8. The van der Waals surface area contributed by atoms with Crippen LogP contribution >= 0.6 is 11.6 Å². The van der Waals surface area contributed by atoms with Gasteiger partial charge < -0.3 is 5.32 Å². The number of nitrogens with one attached hydrogen (secondary N) is 1. The van der Waals surface area contributed by atoms with Crippen molar-refractivity contribution in [3.05, 3.63) is 30.3 Å². The minimum atomic E-state index is -0.117. The fourth-order valence-electron chi connectivity index (χ4n) is 3.44. The Hall–Kier alpha value is -1.10. The highest BCUT2D eigenvalue weighted by Crippen LogP contribution is 2.32. The van der Waals surface area contributed by atoms with Gasteiger partial charge in [-0.25, -0.2) is 0 Å². The lowest BCUT2D eigenvalue weighted by Gasteiger charge is -2.32. The van der Waals surface area contributed by atoms with E-state index < -0.39 is 0 Å². The summed E-state index contributed by atoms with van der Waals surface area (Å²) in [5, 5.41) is 4.98. The van der Waals surface area contributed by atoms with Gasteiger partial charge in [0.1, 0.15) is 0 Å². The molecule has 4 unspecified atom stereocenters. The molecule has 128 valence electrons. The van der Waals surface area contributed by atoms with Crippen molar-refractivity contribution in [1.82, 2.24) is 5.32 Å². The topological polar surface area (TPSA) is 41.6 Å². The molecule has 1 aromatic rings. The first-order valence-corrected chi connectivity index (χ1v) is 8.78. The lowest BCUT2D eigenvalue weighted by molar-refractivity contribution is -0.124. The molecule has 1 saturated carbocycles. The number of para-hydroxylation sites is 1. The quantitative estimate of drug-likeness (QED) is 0.506. The molecule has 0 spiro atoms. The molecule has 4 nitrogen and oxygen atoms in total. The zero-order valence-corrected chi connectivity index (χ0v) is 14.9. The summed E-state index contributed by atoms with van der Waals surface area (Å²) < 4.78 is 0. The molecule has 0 heterocycles. The Morgan fingerprint density at radius 1 is 1.35 bits per heavy atom. The third-order valence-corrected chi connectivity index (χ3v) is 5.34. The van der Waals surface area contributed by atoms with Crippen molar-refractivity contribution in [2.45, 2.75) is 44.5 Å². The van der Waals surface area contributed by atoms with Crippen LogP contribution in [0.2, 0.25) is 0 Å². The molecule has 1 N–H and O–H groups in total. The maximum atomic E-state index is 11.9. The van der Waals surface area contributed by atoms with Gasteiger partial charge in [-0.1, -0.05) is 31.5 Å². The molecule has 1 aliphatic rings. The Kier molecular flexibility index (Phi) is 6.88. The van der Waals surface area contributed by atoms with Gasteiger partial charge in [0.15, 0.2) is 0 Å². The van der Waals surface area contributed by atoms with Crippen LogP contribution < -0.4 is 10.4 Å². The van der Waals surface area contributed by atoms with Crippen molar-refractivity contribution < 1.29 is 9.63 Å². The second kappa shape index (κ2) is 8.67. The fourth-order valence-corrected chi connectivity index (χ4v) is 3.75. The molecule has 23 heavy (non-hydrogen) atoms. The molecule has 1 aliphatic carbocycles. The van der Waals surface area contributed by atoms with E-state index in [-0.39, 0.29) is 11.3 Å². The molecule has 1 fully saturated rings. The molecule has 0 aromatic heterocycles. The third kappa shape index (κ3) is 4.69. The van der Waals surface area contributed by atoms with Crippen molar-refractivity contribution in [3.63, 3.8) is 0 Å². The predicted octanol–water partition coefficient (Wildman–Crippen LogP) is 3.60. The number of carbonyl (C=O) groups excluding carboxylic acids is 1. The van der Waals surface area contributed by atoms with E-state index in [2.05, 4.69) is 12.2 Å².